The van der Waals surface area contributed by atoms with Gasteiger partial charge < -0.3 is 5.84 Å². The molecule has 2 heteroatoms. The molecule has 2 N–H and O–H groups in total. The van der Waals surface area contributed by atoms with E-state index in [0.29, 0.717) is 5.92 Å². The molecule has 0 amide bonds. The van der Waals surface area contributed by atoms with Crippen molar-refractivity contribution in [3.63, 3.8) is 0 Å². The highest BCUT2D eigenvalue weighted by atomic mass is 15.1. The van der Waals surface area contributed by atoms with Crippen molar-refractivity contribution in [3.8, 4) is 0 Å². The van der Waals surface area contributed by atoms with Crippen LogP contribution in [0.2, 0.25) is 0 Å². The molecule has 0 heterocycles. The molecule has 0 radical (unpaired) electrons. The lowest BCUT2D eigenvalue weighted by Gasteiger charge is -2.19. The average Bonchev–Trinajstić information content (AvgIpc) is 2.70. The van der Waals surface area contributed by atoms with Crippen LogP contribution in [0.1, 0.15) is 35.4 Å². The summed E-state index contributed by atoms with van der Waals surface area (Å²) in [5, 5.41) is 4.10. The van der Waals surface area contributed by atoms with Crippen LogP contribution in [0.15, 0.2) is 96.1 Å². The van der Waals surface area contributed by atoms with Crippen LogP contribution < -0.4 is 5.84 Å². The summed E-state index contributed by atoms with van der Waals surface area (Å²) < 4.78 is 0. The average molecular weight is 328 g/mol. The van der Waals surface area contributed by atoms with Crippen LogP contribution in [0.25, 0.3) is 0 Å². The van der Waals surface area contributed by atoms with Crippen molar-refractivity contribution in [2.24, 2.45) is 10.9 Å². The molecular weight excluding hydrogens is 304 g/mol. The second-order valence-electron chi connectivity index (χ2n) is 6.28. The van der Waals surface area contributed by atoms with Crippen molar-refractivity contribution in [3.05, 3.63) is 108 Å². The molecule has 0 spiro atoms. The van der Waals surface area contributed by atoms with Gasteiger partial charge in [0.25, 0.3) is 0 Å². The van der Waals surface area contributed by atoms with Crippen LogP contribution in [0.5, 0.6) is 0 Å². The van der Waals surface area contributed by atoms with Gasteiger partial charge in [0.05, 0.1) is 5.71 Å². The minimum atomic E-state index is 0.393. The zero-order valence-electron chi connectivity index (χ0n) is 14.4. The first-order valence-corrected chi connectivity index (χ1v) is 8.78. The zero-order chi connectivity index (χ0) is 17.3. The normalized spacial score (nSPS) is 12.7. The van der Waals surface area contributed by atoms with Gasteiger partial charge in [0, 0.05) is 0 Å². The van der Waals surface area contributed by atoms with Crippen molar-refractivity contribution < 1.29 is 0 Å². The largest absolute Gasteiger partial charge is 0.323 e. The minimum absolute atomic E-state index is 0.393. The number of hydrazone groups is 1. The fourth-order valence-corrected chi connectivity index (χ4v) is 3.21. The molecule has 0 fully saturated rings. The van der Waals surface area contributed by atoms with E-state index in [9.17, 15) is 0 Å². The summed E-state index contributed by atoms with van der Waals surface area (Å²) in [6.07, 6.45) is 2.96. The first kappa shape index (κ1) is 17.0. The van der Waals surface area contributed by atoms with Gasteiger partial charge in [-0.1, -0.05) is 91.0 Å². The maximum absolute atomic E-state index is 5.73. The van der Waals surface area contributed by atoms with E-state index < -0.39 is 0 Å². The molecule has 126 valence electrons. The van der Waals surface area contributed by atoms with Crippen molar-refractivity contribution in [1.82, 2.24) is 0 Å². The van der Waals surface area contributed by atoms with Crippen LogP contribution >= 0.6 is 0 Å². The van der Waals surface area contributed by atoms with E-state index in [2.05, 4.69) is 77.9 Å². The van der Waals surface area contributed by atoms with Crippen molar-refractivity contribution in [2.45, 2.75) is 25.2 Å². The van der Waals surface area contributed by atoms with Gasteiger partial charge in [-0.3, -0.25) is 0 Å². The second-order valence-corrected chi connectivity index (χ2v) is 6.28. The summed E-state index contributed by atoms with van der Waals surface area (Å²) in [6, 6.07) is 31.5. The van der Waals surface area contributed by atoms with Crippen molar-refractivity contribution in [2.75, 3.05) is 0 Å². The van der Waals surface area contributed by atoms with Gasteiger partial charge in [0.15, 0.2) is 0 Å². The van der Waals surface area contributed by atoms with Gasteiger partial charge in [-0.2, -0.15) is 5.10 Å². The Kier molecular flexibility index (Phi) is 6.00. The molecule has 0 aliphatic carbocycles. The Morgan fingerprint density at radius 2 is 1.32 bits per heavy atom. The van der Waals surface area contributed by atoms with Gasteiger partial charge in [-0.25, -0.2) is 0 Å². The summed E-state index contributed by atoms with van der Waals surface area (Å²) in [6.45, 7) is 0. The number of nitrogens with two attached hydrogens (primary N) is 1. The fourth-order valence-electron chi connectivity index (χ4n) is 3.21. The molecule has 2 nitrogen and oxygen atoms in total. The van der Waals surface area contributed by atoms with Crippen molar-refractivity contribution in [1.29, 1.82) is 0 Å². The Balaban J connectivity index is 1.79. The van der Waals surface area contributed by atoms with Gasteiger partial charge in [0.2, 0.25) is 0 Å². The molecule has 1 unspecified atom stereocenters. The zero-order valence-corrected chi connectivity index (χ0v) is 14.4. The number of rotatable bonds is 7. The Hall–Kier alpha value is -2.87. The summed E-state index contributed by atoms with van der Waals surface area (Å²) in [5.74, 6) is 6.12. The Labute approximate surface area is 150 Å². The third-order valence-corrected chi connectivity index (χ3v) is 4.60. The Bertz CT molecular complexity index is 780. The maximum atomic E-state index is 5.73. The van der Waals surface area contributed by atoms with Crippen LogP contribution in [0.3, 0.4) is 0 Å². The van der Waals surface area contributed by atoms with E-state index in [4.69, 9.17) is 5.84 Å². The van der Waals surface area contributed by atoms with E-state index in [-0.39, 0.29) is 0 Å². The highest BCUT2D eigenvalue weighted by Gasteiger charge is 2.16. The molecule has 0 aliphatic rings. The molecule has 25 heavy (non-hydrogen) atoms. The number of hydrogen-bond acceptors (Lipinski definition) is 2. The Morgan fingerprint density at radius 1 is 0.760 bits per heavy atom. The highest BCUT2D eigenvalue weighted by Crippen LogP contribution is 2.27. The number of aryl methyl sites for hydroxylation is 1. The third kappa shape index (κ3) is 4.80. The van der Waals surface area contributed by atoms with Gasteiger partial charge in [-0.05, 0) is 41.9 Å². The number of nitrogens with zero attached hydrogens (tertiary/aromatic N) is 1. The molecule has 3 aromatic carbocycles. The lowest BCUT2D eigenvalue weighted by molar-refractivity contribution is 0.645. The SMILES string of the molecule is NN=C(CC(CCc1ccccc1)c1ccccc1)c1ccccc1. The van der Waals surface area contributed by atoms with Gasteiger partial charge in [-0.15, -0.1) is 0 Å². The molecular formula is C23H24N2. The highest BCUT2D eigenvalue weighted by molar-refractivity contribution is 6.00. The van der Waals surface area contributed by atoms with Crippen molar-refractivity contribution >= 4 is 5.71 Å². The Morgan fingerprint density at radius 3 is 1.92 bits per heavy atom. The predicted octanol–water partition coefficient (Wildman–Crippen LogP) is 5.16. The summed E-state index contributed by atoms with van der Waals surface area (Å²) in [5.41, 5.74) is 4.78. The van der Waals surface area contributed by atoms with Gasteiger partial charge in [0.1, 0.15) is 0 Å². The monoisotopic (exact) mass is 328 g/mol. The standard InChI is InChI=1S/C23H24N2/c24-25-23(21-14-8-3-9-15-21)18-22(20-12-6-2-7-13-20)17-16-19-10-4-1-5-11-19/h1-15,22H,16-18,24H2. The summed E-state index contributed by atoms with van der Waals surface area (Å²) >= 11 is 0. The minimum Gasteiger partial charge on any atom is -0.323 e. The molecule has 3 rings (SSSR count). The quantitative estimate of drug-likeness (QED) is 0.363. The predicted molar refractivity (Wildman–Crippen MR) is 106 cm³/mol. The number of benzene rings is 3. The van der Waals surface area contributed by atoms with Crippen LogP contribution in [0, 0.1) is 0 Å². The van der Waals surface area contributed by atoms with E-state index in [1.165, 1.54) is 11.1 Å². The molecule has 0 bridgehead atoms. The van der Waals surface area contributed by atoms with Crippen LogP contribution in [-0.4, -0.2) is 5.71 Å². The smallest absolute Gasteiger partial charge is 0.0678 e. The molecule has 1 atom stereocenters. The molecule has 3 aromatic rings. The lowest BCUT2D eigenvalue weighted by Crippen LogP contribution is -2.12. The van der Waals surface area contributed by atoms with E-state index >= 15 is 0 Å². The first-order chi connectivity index (χ1) is 12.4. The van der Waals surface area contributed by atoms with E-state index in [1.807, 2.05) is 18.2 Å². The molecule has 0 aliphatic heterocycles. The fraction of sp³-hybridized carbons (Fsp3) is 0.174. The van der Waals surface area contributed by atoms with Gasteiger partial charge >= 0.3 is 0 Å². The lowest BCUT2D eigenvalue weighted by atomic mass is 9.86. The van der Waals surface area contributed by atoms with Crippen LogP contribution in [-0.2, 0) is 6.42 Å². The number of hydrogen-bond donors (Lipinski definition) is 1. The third-order valence-electron chi connectivity index (χ3n) is 4.60. The summed E-state index contributed by atoms with van der Waals surface area (Å²) in [7, 11) is 0. The van der Waals surface area contributed by atoms with E-state index in [1.54, 1.807) is 0 Å². The van der Waals surface area contributed by atoms with E-state index in [0.717, 1.165) is 30.5 Å². The second kappa shape index (κ2) is 8.84. The molecule has 0 saturated carbocycles. The molecule has 0 saturated heterocycles. The maximum Gasteiger partial charge on any atom is 0.0678 e. The van der Waals surface area contributed by atoms with Crippen LogP contribution in [0.4, 0.5) is 0 Å². The molecule has 0 aromatic heterocycles. The topological polar surface area (TPSA) is 38.4 Å². The first-order valence-electron chi connectivity index (χ1n) is 8.78. The summed E-state index contributed by atoms with van der Waals surface area (Å²) in [4.78, 5) is 0.